The zero-order chi connectivity index (χ0) is 15.8. The summed E-state index contributed by atoms with van der Waals surface area (Å²) < 4.78 is 27.0. The van der Waals surface area contributed by atoms with Gasteiger partial charge in [0, 0.05) is 13.1 Å². The summed E-state index contributed by atoms with van der Waals surface area (Å²) in [6.07, 6.45) is 5.41. The third kappa shape index (κ3) is 3.42. The van der Waals surface area contributed by atoms with Crippen LogP contribution in [0.3, 0.4) is 0 Å². The molecule has 0 amide bonds. The Morgan fingerprint density at radius 2 is 1.71 bits per heavy atom. The first-order valence-corrected chi connectivity index (χ1v) is 9.35. The average Bonchev–Trinajstić information content (AvgIpc) is 2.88. The van der Waals surface area contributed by atoms with Crippen molar-refractivity contribution in [3.05, 3.63) is 0 Å². The van der Waals surface area contributed by atoms with Crippen LogP contribution in [0, 0.1) is 11.3 Å². The van der Waals surface area contributed by atoms with Crippen molar-refractivity contribution >= 4 is 16.0 Å². The van der Waals surface area contributed by atoms with Gasteiger partial charge in [0.05, 0.1) is 11.2 Å². The van der Waals surface area contributed by atoms with Gasteiger partial charge < -0.3 is 5.11 Å². The first kappa shape index (κ1) is 16.7. The smallest absolute Gasteiger partial charge is 0.307 e. The Bertz CT molecular complexity index is 490. The zero-order valence-corrected chi connectivity index (χ0v) is 14.0. The zero-order valence-electron chi connectivity index (χ0n) is 13.2. The molecule has 2 aliphatic carbocycles. The Hall–Kier alpha value is -0.620. The van der Waals surface area contributed by atoms with E-state index in [1.54, 1.807) is 7.05 Å². The van der Waals surface area contributed by atoms with Crippen molar-refractivity contribution in [2.24, 2.45) is 11.3 Å². The van der Waals surface area contributed by atoms with Crippen molar-refractivity contribution in [3.8, 4) is 0 Å². The third-order valence-corrected chi connectivity index (χ3v) is 7.81. The van der Waals surface area contributed by atoms with Crippen molar-refractivity contribution in [3.63, 3.8) is 0 Å². The number of carboxylic acids is 1. The van der Waals surface area contributed by atoms with Gasteiger partial charge in [-0.15, -0.1) is 0 Å². The van der Waals surface area contributed by atoms with E-state index in [0.717, 1.165) is 25.7 Å². The highest BCUT2D eigenvalue weighted by Crippen LogP contribution is 2.39. The molecule has 0 bridgehead atoms. The van der Waals surface area contributed by atoms with Gasteiger partial charge in [-0.2, -0.15) is 0 Å². The number of sulfonamides is 1. The molecule has 5 nitrogen and oxygen atoms in total. The number of carbonyl (C=O) groups is 1. The van der Waals surface area contributed by atoms with Crippen LogP contribution < -0.4 is 0 Å². The molecule has 1 N–H and O–H groups in total. The molecule has 2 atom stereocenters. The molecular formula is C15H27NO4S. The Morgan fingerprint density at radius 1 is 1.14 bits per heavy atom. The second-order valence-electron chi connectivity index (χ2n) is 7.37. The molecule has 0 radical (unpaired) electrons. The molecule has 2 aliphatic rings. The normalized spacial score (nSPS) is 30.7. The highest BCUT2D eigenvalue weighted by atomic mass is 32.2. The number of aliphatic carboxylic acids is 1. The summed E-state index contributed by atoms with van der Waals surface area (Å²) in [6.45, 7) is 4.43. The van der Waals surface area contributed by atoms with Gasteiger partial charge >= 0.3 is 5.97 Å². The lowest BCUT2D eigenvalue weighted by Crippen LogP contribution is -2.46. The van der Waals surface area contributed by atoms with Crippen molar-refractivity contribution in [2.45, 2.75) is 70.1 Å². The molecule has 0 aromatic rings. The molecule has 0 heterocycles. The lowest BCUT2D eigenvalue weighted by atomic mass is 9.76. The van der Waals surface area contributed by atoms with E-state index in [2.05, 4.69) is 13.8 Å². The molecule has 2 fully saturated rings. The van der Waals surface area contributed by atoms with E-state index >= 15 is 0 Å². The van der Waals surface area contributed by atoms with Crippen molar-refractivity contribution in [1.29, 1.82) is 0 Å². The monoisotopic (exact) mass is 317 g/mol. The van der Waals surface area contributed by atoms with Gasteiger partial charge in [0.15, 0.2) is 0 Å². The van der Waals surface area contributed by atoms with E-state index in [4.69, 9.17) is 0 Å². The summed E-state index contributed by atoms with van der Waals surface area (Å²) in [5.41, 5.74) is 0.290. The van der Waals surface area contributed by atoms with E-state index in [9.17, 15) is 18.3 Å². The second kappa shape index (κ2) is 5.88. The van der Waals surface area contributed by atoms with Crippen LogP contribution in [0.15, 0.2) is 0 Å². The predicted octanol–water partition coefficient (Wildman–Crippen LogP) is 2.47. The molecule has 2 rings (SSSR count). The number of rotatable bonds is 4. The fourth-order valence-corrected chi connectivity index (χ4v) is 5.92. The molecule has 0 aromatic carbocycles. The third-order valence-electron chi connectivity index (χ3n) is 5.38. The fourth-order valence-electron chi connectivity index (χ4n) is 3.73. The van der Waals surface area contributed by atoms with Crippen molar-refractivity contribution in [1.82, 2.24) is 4.31 Å². The molecule has 21 heavy (non-hydrogen) atoms. The summed E-state index contributed by atoms with van der Waals surface area (Å²) in [7, 11) is -1.88. The molecule has 2 unspecified atom stereocenters. The van der Waals surface area contributed by atoms with Crippen LogP contribution >= 0.6 is 0 Å². The molecule has 0 aromatic heterocycles. The Labute approximate surface area is 127 Å². The van der Waals surface area contributed by atoms with Gasteiger partial charge in [-0.05, 0) is 43.9 Å². The lowest BCUT2D eigenvalue weighted by molar-refractivity contribution is -0.141. The minimum Gasteiger partial charge on any atom is -0.481 e. The van der Waals surface area contributed by atoms with Crippen LogP contribution in [0.4, 0.5) is 0 Å². The van der Waals surface area contributed by atoms with Crippen LogP contribution in [-0.4, -0.2) is 42.1 Å². The number of carboxylic acid groups (broad SMARTS) is 1. The molecular weight excluding hydrogens is 290 g/mol. The average molecular weight is 317 g/mol. The quantitative estimate of drug-likeness (QED) is 0.864. The summed E-state index contributed by atoms with van der Waals surface area (Å²) >= 11 is 0. The van der Waals surface area contributed by atoms with Crippen LogP contribution in [0.5, 0.6) is 0 Å². The molecule has 6 heteroatoms. The fraction of sp³-hybridized carbons (Fsp3) is 0.933. The van der Waals surface area contributed by atoms with Gasteiger partial charge in [-0.1, -0.05) is 20.3 Å². The largest absolute Gasteiger partial charge is 0.481 e. The van der Waals surface area contributed by atoms with E-state index in [1.165, 1.54) is 4.31 Å². The summed E-state index contributed by atoms with van der Waals surface area (Å²) in [6, 6.07) is 0.0260. The number of nitrogens with zero attached hydrogens (tertiary/aromatic N) is 1. The lowest BCUT2D eigenvalue weighted by Gasteiger charge is -2.39. The minimum atomic E-state index is -3.52. The summed E-state index contributed by atoms with van der Waals surface area (Å²) in [5.74, 6) is -1.71. The van der Waals surface area contributed by atoms with Gasteiger partial charge in [0.25, 0.3) is 0 Å². The van der Waals surface area contributed by atoms with E-state index in [0.29, 0.717) is 19.3 Å². The summed E-state index contributed by atoms with van der Waals surface area (Å²) in [5, 5.41) is 8.48. The van der Waals surface area contributed by atoms with Crippen LogP contribution in [0.25, 0.3) is 0 Å². The van der Waals surface area contributed by atoms with Crippen molar-refractivity contribution in [2.75, 3.05) is 7.05 Å². The summed E-state index contributed by atoms with van der Waals surface area (Å²) in [4.78, 5) is 11.3. The minimum absolute atomic E-state index is 0.0260. The van der Waals surface area contributed by atoms with E-state index < -0.39 is 27.2 Å². The maximum atomic E-state index is 12.8. The maximum Gasteiger partial charge on any atom is 0.307 e. The van der Waals surface area contributed by atoms with Gasteiger partial charge in [-0.3, -0.25) is 4.79 Å². The van der Waals surface area contributed by atoms with E-state index in [-0.39, 0.29) is 11.5 Å². The second-order valence-corrected chi connectivity index (χ2v) is 9.58. The molecule has 0 saturated heterocycles. The Balaban J connectivity index is 2.10. The highest BCUT2D eigenvalue weighted by Gasteiger charge is 2.45. The first-order valence-electron chi connectivity index (χ1n) is 7.85. The molecule has 0 spiro atoms. The SMILES string of the molecule is CN(C1CCC(C)(C)CC1)S(=O)(=O)C1CCCC1C(=O)O. The van der Waals surface area contributed by atoms with Crippen LogP contribution in [0.1, 0.15) is 58.8 Å². The van der Waals surface area contributed by atoms with Gasteiger partial charge in [0.1, 0.15) is 0 Å². The predicted molar refractivity (Wildman–Crippen MR) is 81.5 cm³/mol. The highest BCUT2D eigenvalue weighted by molar-refractivity contribution is 7.89. The maximum absolute atomic E-state index is 12.8. The standard InChI is InChI=1S/C15H27NO4S/c1-15(2)9-7-11(8-10-15)16(3)21(19,20)13-6-4-5-12(13)14(17)18/h11-13H,4-10H2,1-3H3,(H,17,18). The number of hydrogen-bond acceptors (Lipinski definition) is 3. The van der Waals surface area contributed by atoms with Crippen LogP contribution in [-0.2, 0) is 14.8 Å². The van der Waals surface area contributed by atoms with E-state index in [1.807, 2.05) is 0 Å². The van der Waals surface area contributed by atoms with Crippen molar-refractivity contribution < 1.29 is 18.3 Å². The van der Waals surface area contributed by atoms with Gasteiger partial charge in [0.2, 0.25) is 10.0 Å². The molecule has 122 valence electrons. The molecule has 0 aliphatic heterocycles. The Kier molecular flexibility index (Phi) is 4.69. The molecule has 2 saturated carbocycles. The van der Waals surface area contributed by atoms with Crippen LogP contribution in [0.2, 0.25) is 0 Å². The number of hydrogen-bond donors (Lipinski definition) is 1. The topological polar surface area (TPSA) is 74.7 Å². The first-order chi connectivity index (χ1) is 9.65. The Morgan fingerprint density at radius 3 is 2.24 bits per heavy atom. The van der Waals surface area contributed by atoms with Gasteiger partial charge in [-0.25, -0.2) is 12.7 Å².